The number of carboxylic acids is 1. The van der Waals surface area contributed by atoms with E-state index in [1.54, 1.807) is 12.1 Å². The second kappa shape index (κ2) is 6.38. The van der Waals surface area contributed by atoms with E-state index in [0.717, 1.165) is 5.69 Å². The zero-order valence-corrected chi connectivity index (χ0v) is 12.4. The highest BCUT2D eigenvalue weighted by Gasteiger charge is 2.24. The smallest absolute Gasteiger partial charge is 0.308 e. The van der Waals surface area contributed by atoms with Crippen molar-refractivity contribution in [3.05, 3.63) is 23.4 Å². The van der Waals surface area contributed by atoms with Crippen molar-refractivity contribution in [3.63, 3.8) is 0 Å². The molecular weight excluding hydrogens is 254 g/mol. The summed E-state index contributed by atoms with van der Waals surface area (Å²) >= 11 is 0. The highest BCUT2D eigenvalue weighted by molar-refractivity contribution is 5.71. The molecule has 1 atom stereocenters. The molecule has 0 aliphatic heterocycles. The number of aromatic nitrogens is 1. The Bertz CT molecular complexity index is 527. The van der Waals surface area contributed by atoms with E-state index in [0.29, 0.717) is 17.8 Å². The van der Waals surface area contributed by atoms with Gasteiger partial charge in [-0.1, -0.05) is 20.8 Å². The van der Waals surface area contributed by atoms with Gasteiger partial charge in [-0.05, 0) is 30.9 Å². The molecule has 0 saturated carbocycles. The Morgan fingerprint density at radius 3 is 2.65 bits per heavy atom. The molecule has 0 radical (unpaired) electrons. The van der Waals surface area contributed by atoms with Crippen LogP contribution in [-0.4, -0.2) is 22.6 Å². The quantitative estimate of drug-likeness (QED) is 0.863. The number of nitrogens with one attached hydrogen (secondary N) is 1. The standard InChI is InChI=1S/C15H21N3O2/c1-10-5-6-11(8-16)13(18-10)17-9-12(14(19)20)7-15(2,3)4/h5-6,12H,7,9H2,1-4H3,(H,17,18)(H,19,20). The van der Waals surface area contributed by atoms with Gasteiger partial charge in [0.05, 0.1) is 11.5 Å². The van der Waals surface area contributed by atoms with Crippen LogP contribution in [0.4, 0.5) is 5.82 Å². The lowest BCUT2D eigenvalue weighted by Gasteiger charge is -2.23. The van der Waals surface area contributed by atoms with Crippen LogP contribution in [0, 0.1) is 29.6 Å². The molecule has 108 valence electrons. The van der Waals surface area contributed by atoms with E-state index in [2.05, 4.69) is 16.4 Å². The fourth-order valence-corrected chi connectivity index (χ4v) is 1.99. The van der Waals surface area contributed by atoms with E-state index in [1.807, 2.05) is 27.7 Å². The zero-order chi connectivity index (χ0) is 15.3. The molecular formula is C15H21N3O2. The summed E-state index contributed by atoms with van der Waals surface area (Å²) in [6.07, 6.45) is 0.559. The van der Waals surface area contributed by atoms with Crippen LogP contribution in [-0.2, 0) is 4.79 Å². The van der Waals surface area contributed by atoms with E-state index in [1.165, 1.54) is 0 Å². The van der Waals surface area contributed by atoms with Crippen molar-refractivity contribution in [2.24, 2.45) is 11.3 Å². The lowest BCUT2D eigenvalue weighted by Crippen LogP contribution is -2.28. The van der Waals surface area contributed by atoms with Gasteiger partial charge in [0.25, 0.3) is 0 Å². The zero-order valence-electron chi connectivity index (χ0n) is 12.4. The van der Waals surface area contributed by atoms with Crippen LogP contribution in [0.5, 0.6) is 0 Å². The van der Waals surface area contributed by atoms with Gasteiger partial charge in [-0.15, -0.1) is 0 Å². The van der Waals surface area contributed by atoms with Crippen molar-refractivity contribution in [2.75, 3.05) is 11.9 Å². The summed E-state index contributed by atoms with van der Waals surface area (Å²) < 4.78 is 0. The molecule has 0 saturated heterocycles. The number of pyridine rings is 1. The van der Waals surface area contributed by atoms with Crippen LogP contribution in [0.2, 0.25) is 0 Å². The van der Waals surface area contributed by atoms with E-state index in [4.69, 9.17) is 5.26 Å². The average molecular weight is 275 g/mol. The van der Waals surface area contributed by atoms with Gasteiger partial charge in [-0.3, -0.25) is 4.79 Å². The maximum absolute atomic E-state index is 11.3. The van der Waals surface area contributed by atoms with Crippen molar-refractivity contribution < 1.29 is 9.90 Å². The predicted octanol–water partition coefficient (Wildman–Crippen LogP) is 2.81. The largest absolute Gasteiger partial charge is 0.481 e. The fraction of sp³-hybridized carbons (Fsp3) is 0.533. The molecule has 0 amide bonds. The first kappa shape index (κ1) is 16.0. The lowest BCUT2D eigenvalue weighted by atomic mass is 9.84. The van der Waals surface area contributed by atoms with Gasteiger partial charge in [-0.2, -0.15) is 5.26 Å². The Morgan fingerprint density at radius 1 is 1.50 bits per heavy atom. The lowest BCUT2D eigenvalue weighted by molar-refractivity contribution is -0.142. The van der Waals surface area contributed by atoms with Crippen molar-refractivity contribution in [1.29, 1.82) is 5.26 Å². The monoisotopic (exact) mass is 275 g/mol. The first-order valence-corrected chi connectivity index (χ1v) is 6.57. The third-order valence-corrected chi connectivity index (χ3v) is 2.88. The summed E-state index contributed by atoms with van der Waals surface area (Å²) in [5.74, 6) is -0.893. The Labute approximate surface area is 119 Å². The molecule has 1 unspecified atom stereocenters. The normalized spacial score (nSPS) is 12.6. The maximum atomic E-state index is 11.3. The second-order valence-electron chi connectivity index (χ2n) is 6.14. The molecule has 5 heteroatoms. The van der Waals surface area contributed by atoms with Crippen molar-refractivity contribution in [1.82, 2.24) is 4.98 Å². The maximum Gasteiger partial charge on any atom is 0.308 e. The third kappa shape index (κ3) is 4.88. The molecule has 0 spiro atoms. The summed E-state index contributed by atoms with van der Waals surface area (Å²) in [7, 11) is 0. The van der Waals surface area contributed by atoms with E-state index in [-0.39, 0.29) is 12.0 Å². The Balaban J connectivity index is 2.81. The molecule has 0 aliphatic carbocycles. The highest BCUT2D eigenvalue weighted by Crippen LogP contribution is 2.25. The number of carboxylic acid groups (broad SMARTS) is 1. The van der Waals surface area contributed by atoms with Crippen molar-refractivity contribution in [2.45, 2.75) is 34.1 Å². The number of anilines is 1. The number of hydrogen-bond acceptors (Lipinski definition) is 4. The van der Waals surface area contributed by atoms with E-state index in [9.17, 15) is 9.90 Å². The van der Waals surface area contributed by atoms with Gasteiger partial charge in [-0.25, -0.2) is 4.98 Å². The van der Waals surface area contributed by atoms with Gasteiger partial charge in [0.2, 0.25) is 0 Å². The van der Waals surface area contributed by atoms with E-state index < -0.39 is 11.9 Å². The minimum Gasteiger partial charge on any atom is -0.481 e. The summed E-state index contributed by atoms with van der Waals surface area (Å²) in [5, 5.41) is 21.3. The van der Waals surface area contributed by atoms with Gasteiger partial charge >= 0.3 is 5.97 Å². The molecule has 0 fully saturated rings. The van der Waals surface area contributed by atoms with Crippen LogP contribution in [0.1, 0.15) is 38.4 Å². The number of aryl methyl sites for hydroxylation is 1. The molecule has 1 heterocycles. The average Bonchev–Trinajstić information content (AvgIpc) is 2.33. The number of nitrogens with zero attached hydrogens (tertiary/aromatic N) is 2. The van der Waals surface area contributed by atoms with Gasteiger partial charge in [0.15, 0.2) is 0 Å². The number of carbonyl (C=O) groups is 1. The van der Waals surface area contributed by atoms with Crippen LogP contribution in [0.15, 0.2) is 12.1 Å². The Morgan fingerprint density at radius 2 is 2.15 bits per heavy atom. The number of aliphatic carboxylic acids is 1. The molecule has 20 heavy (non-hydrogen) atoms. The fourth-order valence-electron chi connectivity index (χ4n) is 1.99. The molecule has 1 aromatic heterocycles. The number of hydrogen-bond donors (Lipinski definition) is 2. The molecule has 1 rings (SSSR count). The second-order valence-corrected chi connectivity index (χ2v) is 6.14. The SMILES string of the molecule is Cc1ccc(C#N)c(NCC(CC(C)(C)C)C(=O)O)n1. The minimum absolute atomic E-state index is 0.0666. The molecule has 2 N–H and O–H groups in total. The summed E-state index contributed by atoms with van der Waals surface area (Å²) in [6, 6.07) is 5.49. The van der Waals surface area contributed by atoms with E-state index >= 15 is 0 Å². The van der Waals surface area contributed by atoms with Crippen LogP contribution >= 0.6 is 0 Å². The molecule has 0 aliphatic rings. The Kier molecular flexibility index (Phi) is 5.09. The minimum atomic E-state index is -0.835. The molecule has 5 nitrogen and oxygen atoms in total. The molecule has 1 aromatic rings. The molecule has 0 bridgehead atoms. The Hall–Kier alpha value is -2.09. The van der Waals surface area contributed by atoms with Crippen molar-refractivity contribution >= 4 is 11.8 Å². The summed E-state index contributed by atoms with van der Waals surface area (Å²) in [5.41, 5.74) is 1.15. The van der Waals surface area contributed by atoms with Gasteiger partial charge in [0.1, 0.15) is 11.9 Å². The predicted molar refractivity (Wildman–Crippen MR) is 77.4 cm³/mol. The number of nitriles is 1. The van der Waals surface area contributed by atoms with Gasteiger partial charge in [0, 0.05) is 12.2 Å². The molecule has 0 aromatic carbocycles. The number of rotatable bonds is 5. The van der Waals surface area contributed by atoms with Crippen molar-refractivity contribution in [3.8, 4) is 6.07 Å². The summed E-state index contributed by atoms with van der Waals surface area (Å²) in [4.78, 5) is 15.5. The van der Waals surface area contributed by atoms with Gasteiger partial charge < -0.3 is 10.4 Å². The first-order chi connectivity index (χ1) is 9.23. The summed E-state index contributed by atoms with van der Waals surface area (Å²) in [6.45, 7) is 8.12. The van der Waals surface area contributed by atoms with Crippen LogP contribution < -0.4 is 5.32 Å². The van der Waals surface area contributed by atoms with Crippen LogP contribution in [0.25, 0.3) is 0 Å². The highest BCUT2D eigenvalue weighted by atomic mass is 16.4. The van der Waals surface area contributed by atoms with Crippen LogP contribution in [0.3, 0.4) is 0 Å². The third-order valence-electron chi connectivity index (χ3n) is 2.88. The topological polar surface area (TPSA) is 86.0 Å². The first-order valence-electron chi connectivity index (χ1n) is 6.57.